The highest BCUT2D eigenvalue weighted by molar-refractivity contribution is 5.94. The SMILES string of the molecule is C[C@H]1CN(c2ccccc2NC(=O)CC(C2CC2)C2CC2)C[C@H](C)O1. The molecule has 1 saturated heterocycles. The standard InChI is InChI=1S/C21H30N2O2/c1-14-12-23(13-15(2)25-14)20-6-4-3-5-19(20)22-21(24)11-18(16-7-8-16)17-9-10-17/h3-6,14-18H,7-13H2,1-2H3,(H,22,24)/t14-,15-/m0/s1. The van der Waals surface area contributed by atoms with Crippen LogP contribution in [-0.4, -0.2) is 31.2 Å². The van der Waals surface area contributed by atoms with E-state index in [0.29, 0.717) is 12.3 Å². The van der Waals surface area contributed by atoms with Gasteiger partial charge in [-0.2, -0.15) is 0 Å². The van der Waals surface area contributed by atoms with Crippen LogP contribution in [0.3, 0.4) is 0 Å². The van der Waals surface area contributed by atoms with Crippen molar-refractivity contribution in [2.45, 2.75) is 58.2 Å². The van der Waals surface area contributed by atoms with Gasteiger partial charge in [-0.3, -0.25) is 4.79 Å². The number of hydrogen-bond donors (Lipinski definition) is 1. The number of hydrogen-bond acceptors (Lipinski definition) is 3. The van der Waals surface area contributed by atoms with Crippen molar-refractivity contribution < 1.29 is 9.53 Å². The van der Waals surface area contributed by atoms with E-state index in [0.717, 1.165) is 36.3 Å². The molecule has 25 heavy (non-hydrogen) atoms. The summed E-state index contributed by atoms with van der Waals surface area (Å²) in [4.78, 5) is 15.0. The topological polar surface area (TPSA) is 41.6 Å². The second-order valence-corrected chi connectivity index (χ2v) is 8.27. The second-order valence-electron chi connectivity index (χ2n) is 8.27. The second kappa shape index (κ2) is 6.99. The summed E-state index contributed by atoms with van der Waals surface area (Å²) in [5.41, 5.74) is 2.06. The average molecular weight is 342 g/mol. The van der Waals surface area contributed by atoms with Gasteiger partial charge in [0.1, 0.15) is 0 Å². The lowest BCUT2D eigenvalue weighted by Gasteiger charge is -2.37. The van der Waals surface area contributed by atoms with Crippen LogP contribution in [0.1, 0.15) is 46.0 Å². The molecule has 1 aromatic rings. The summed E-state index contributed by atoms with van der Waals surface area (Å²) in [5.74, 6) is 2.44. The molecule has 0 radical (unpaired) electrons. The van der Waals surface area contributed by atoms with Crippen LogP contribution in [0.15, 0.2) is 24.3 Å². The fourth-order valence-electron chi connectivity index (χ4n) is 4.41. The Morgan fingerprint density at radius 2 is 1.72 bits per heavy atom. The van der Waals surface area contributed by atoms with Crippen molar-refractivity contribution in [3.63, 3.8) is 0 Å². The van der Waals surface area contributed by atoms with Gasteiger partial charge in [-0.1, -0.05) is 12.1 Å². The molecule has 3 fully saturated rings. The summed E-state index contributed by atoms with van der Waals surface area (Å²) in [6, 6.07) is 8.19. The summed E-state index contributed by atoms with van der Waals surface area (Å²) >= 11 is 0. The molecule has 0 bridgehead atoms. The van der Waals surface area contributed by atoms with Crippen LogP contribution in [0.2, 0.25) is 0 Å². The van der Waals surface area contributed by atoms with E-state index in [2.05, 4.69) is 30.1 Å². The molecule has 4 heteroatoms. The number of amides is 1. The Balaban J connectivity index is 1.44. The van der Waals surface area contributed by atoms with E-state index in [4.69, 9.17) is 4.74 Å². The Morgan fingerprint density at radius 3 is 2.32 bits per heavy atom. The van der Waals surface area contributed by atoms with Crippen LogP contribution < -0.4 is 10.2 Å². The van der Waals surface area contributed by atoms with Gasteiger partial charge in [0.05, 0.1) is 23.6 Å². The number of ether oxygens (including phenoxy) is 1. The Kier molecular flexibility index (Phi) is 4.72. The summed E-state index contributed by atoms with van der Waals surface area (Å²) in [6.45, 7) is 5.95. The van der Waals surface area contributed by atoms with Crippen LogP contribution in [0.25, 0.3) is 0 Å². The molecule has 136 valence electrons. The maximum atomic E-state index is 12.7. The normalized spacial score (nSPS) is 26.8. The number of benzene rings is 1. The fourth-order valence-corrected chi connectivity index (χ4v) is 4.41. The predicted octanol–water partition coefficient (Wildman–Crippen LogP) is 4.07. The molecular weight excluding hydrogens is 312 g/mol. The van der Waals surface area contributed by atoms with E-state index in [9.17, 15) is 4.79 Å². The molecule has 4 rings (SSSR count). The molecule has 1 aliphatic heterocycles. The molecule has 2 aliphatic carbocycles. The minimum atomic E-state index is 0.186. The third kappa shape index (κ3) is 4.17. The molecule has 1 N–H and O–H groups in total. The van der Waals surface area contributed by atoms with Crippen molar-refractivity contribution in [3.05, 3.63) is 24.3 Å². The average Bonchev–Trinajstić information content (AvgIpc) is 3.46. The molecule has 4 nitrogen and oxygen atoms in total. The molecule has 2 atom stereocenters. The number of anilines is 2. The van der Waals surface area contributed by atoms with E-state index in [1.807, 2.05) is 18.2 Å². The van der Waals surface area contributed by atoms with E-state index in [1.54, 1.807) is 0 Å². The molecule has 3 aliphatic rings. The maximum Gasteiger partial charge on any atom is 0.224 e. The van der Waals surface area contributed by atoms with Crippen LogP contribution >= 0.6 is 0 Å². The van der Waals surface area contributed by atoms with Gasteiger partial charge in [0, 0.05) is 19.5 Å². The molecule has 0 aromatic heterocycles. The van der Waals surface area contributed by atoms with Crippen molar-refractivity contribution in [2.24, 2.45) is 17.8 Å². The monoisotopic (exact) mass is 342 g/mol. The Morgan fingerprint density at radius 1 is 1.12 bits per heavy atom. The van der Waals surface area contributed by atoms with Gasteiger partial charge >= 0.3 is 0 Å². The zero-order chi connectivity index (χ0) is 17.4. The third-order valence-corrected chi connectivity index (χ3v) is 5.81. The molecular formula is C21H30N2O2. The minimum absolute atomic E-state index is 0.186. The first-order valence-corrected chi connectivity index (χ1v) is 9.89. The highest BCUT2D eigenvalue weighted by Gasteiger charge is 2.42. The first-order valence-electron chi connectivity index (χ1n) is 9.89. The quantitative estimate of drug-likeness (QED) is 0.847. The fraction of sp³-hybridized carbons (Fsp3) is 0.667. The lowest BCUT2D eigenvalue weighted by Crippen LogP contribution is -2.45. The summed E-state index contributed by atoms with van der Waals surface area (Å²) < 4.78 is 5.85. The number of morpholine rings is 1. The smallest absolute Gasteiger partial charge is 0.224 e. The van der Waals surface area contributed by atoms with E-state index in [1.165, 1.54) is 25.7 Å². The molecule has 1 heterocycles. The number of rotatable bonds is 6. The number of para-hydroxylation sites is 2. The van der Waals surface area contributed by atoms with Gasteiger partial charge in [-0.05, 0) is 69.4 Å². The Bertz CT molecular complexity index is 602. The van der Waals surface area contributed by atoms with Crippen LogP contribution in [0.4, 0.5) is 11.4 Å². The lowest BCUT2D eigenvalue weighted by atomic mass is 9.94. The lowest BCUT2D eigenvalue weighted by molar-refractivity contribution is -0.117. The number of nitrogens with zero attached hydrogens (tertiary/aromatic N) is 1. The van der Waals surface area contributed by atoms with Crippen molar-refractivity contribution in [1.29, 1.82) is 0 Å². The van der Waals surface area contributed by atoms with Crippen molar-refractivity contribution in [2.75, 3.05) is 23.3 Å². The van der Waals surface area contributed by atoms with Gasteiger partial charge in [-0.15, -0.1) is 0 Å². The van der Waals surface area contributed by atoms with E-state index in [-0.39, 0.29) is 18.1 Å². The van der Waals surface area contributed by atoms with Crippen LogP contribution in [-0.2, 0) is 9.53 Å². The van der Waals surface area contributed by atoms with Crippen molar-refractivity contribution in [3.8, 4) is 0 Å². The molecule has 1 aromatic carbocycles. The largest absolute Gasteiger partial charge is 0.372 e. The van der Waals surface area contributed by atoms with Gasteiger partial charge in [0.25, 0.3) is 0 Å². The summed E-state index contributed by atoms with van der Waals surface area (Å²) in [6.07, 6.45) is 6.43. The molecule has 0 spiro atoms. The van der Waals surface area contributed by atoms with Crippen molar-refractivity contribution >= 4 is 17.3 Å². The number of nitrogens with one attached hydrogen (secondary N) is 1. The minimum Gasteiger partial charge on any atom is -0.372 e. The zero-order valence-electron chi connectivity index (χ0n) is 15.4. The molecule has 2 saturated carbocycles. The van der Waals surface area contributed by atoms with E-state index < -0.39 is 0 Å². The highest BCUT2D eigenvalue weighted by atomic mass is 16.5. The zero-order valence-corrected chi connectivity index (χ0v) is 15.4. The first kappa shape index (κ1) is 16.9. The summed E-state index contributed by atoms with van der Waals surface area (Å²) in [7, 11) is 0. The van der Waals surface area contributed by atoms with Gasteiger partial charge in [0.15, 0.2) is 0 Å². The van der Waals surface area contributed by atoms with E-state index >= 15 is 0 Å². The highest BCUT2D eigenvalue weighted by Crippen LogP contribution is 2.50. The Hall–Kier alpha value is -1.55. The molecule has 0 unspecified atom stereocenters. The number of carbonyl (C=O) groups is 1. The van der Waals surface area contributed by atoms with Crippen LogP contribution in [0, 0.1) is 17.8 Å². The van der Waals surface area contributed by atoms with Crippen LogP contribution in [0.5, 0.6) is 0 Å². The summed E-state index contributed by atoms with van der Waals surface area (Å²) in [5, 5.41) is 3.21. The maximum absolute atomic E-state index is 12.7. The molecule has 1 amide bonds. The van der Waals surface area contributed by atoms with Crippen molar-refractivity contribution in [1.82, 2.24) is 0 Å². The number of carbonyl (C=O) groups excluding carboxylic acids is 1. The van der Waals surface area contributed by atoms with Gasteiger partial charge < -0.3 is 15.0 Å². The third-order valence-electron chi connectivity index (χ3n) is 5.81. The van der Waals surface area contributed by atoms with Gasteiger partial charge in [-0.25, -0.2) is 0 Å². The van der Waals surface area contributed by atoms with Gasteiger partial charge in [0.2, 0.25) is 5.91 Å². The Labute approximate surface area is 150 Å². The predicted molar refractivity (Wildman–Crippen MR) is 101 cm³/mol. The first-order chi connectivity index (χ1) is 12.1.